The van der Waals surface area contributed by atoms with Crippen LogP contribution in [0.4, 0.5) is 0 Å². The standard InChI is InChI=1S/C10H5BrCl2N2O2/c11-8-7(16)4-14-15(10(8)17)9-5(12)2-1-3-6(9)13/h1-4,16H. The molecule has 2 rings (SSSR count). The van der Waals surface area contributed by atoms with Crippen molar-refractivity contribution in [3.05, 3.63) is 49.3 Å². The van der Waals surface area contributed by atoms with E-state index in [1.165, 1.54) is 0 Å². The van der Waals surface area contributed by atoms with Crippen LogP contribution in [0.15, 0.2) is 33.7 Å². The molecular weight excluding hydrogens is 331 g/mol. The minimum Gasteiger partial charge on any atom is -0.505 e. The molecule has 2 aromatic rings. The predicted molar refractivity (Wildman–Crippen MR) is 69.2 cm³/mol. The van der Waals surface area contributed by atoms with E-state index in [1.54, 1.807) is 18.2 Å². The Morgan fingerprint density at radius 3 is 2.47 bits per heavy atom. The van der Waals surface area contributed by atoms with Gasteiger partial charge in [-0.2, -0.15) is 9.78 Å². The van der Waals surface area contributed by atoms with E-state index in [1.807, 2.05) is 0 Å². The highest BCUT2D eigenvalue weighted by Crippen LogP contribution is 2.27. The molecule has 0 aliphatic heterocycles. The molecule has 1 aromatic heterocycles. The van der Waals surface area contributed by atoms with Crippen molar-refractivity contribution in [2.45, 2.75) is 0 Å². The number of para-hydroxylation sites is 1. The molecule has 1 heterocycles. The van der Waals surface area contributed by atoms with Crippen LogP contribution in [0.5, 0.6) is 5.75 Å². The number of halogens is 3. The topological polar surface area (TPSA) is 55.1 Å². The Labute approximate surface area is 115 Å². The number of aromatic hydroxyl groups is 1. The Kier molecular flexibility index (Phi) is 3.42. The van der Waals surface area contributed by atoms with E-state index >= 15 is 0 Å². The van der Waals surface area contributed by atoms with Crippen molar-refractivity contribution >= 4 is 39.1 Å². The van der Waals surface area contributed by atoms with Gasteiger partial charge in [0.05, 0.1) is 16.2 Å². The zero-order valence-electron chi connectivity index (χ0n) is 8.19. The van der Waals surface area contributed by atoms with Crippen molar-refractivity contribution in [1.82, 2.24) is 9.78 Å². The van der Waals surface area contributed by atoms with Crippen LogP contribution in [0.3, 0.4) is 0 Å². The Bertz CT molecular complexity index is 622. The second-order valence-corrected chi connectivity index (χ2v) is 4.74. The smallest absolute Gasteiger partial charge is 0.289 e. The van der Waals surface area contributed by atoms with Crippen molar-refractivity contribution in [1.29, 1.82) is 0 Å². The van der Waals surface area contributed by atoms with Crippen LogP contribution in [0.25, 0.3) is 5.69 Å². The number of nitrogens with zero attached hydrogens (tertiary/aromatic N) is 2. The van der Waals surface area contributed by atoms with Crippen LogP contribution in [0.2, 0.25) is 10.0 Å². The van der Waals surface area contributed by atoms with E-state index in [0.717, 1.165) is 10.9 Å². The lowest BCUT2D eigenvalue weighted by atomic mass is 10.3. The number of aromatic nitrogens is 2. The van der Waals surface area contributed by atoms with Crippen LogP contribution in [-0.4, -0.2) is 14.9 Å². The van der Waals surface area contributed by atoms with Crippen LogP contribution in [0.1, 0.15) is 0 Å². The van der Waals surface area contributed by atoms with Gasteiger partial charge >= 0.3 is 0 Å². The average Bonchev–Trinajstić information content (AvgIpc) is 2.29. The summed E-state index contributed by atoms with van der Waals surface area (Å²) in [5.41, 5.74) is -0.262. The van der Waals surface area contributed by atoms with E-state index in [9.17, 15) is 9.90 Å². The summed E-state index contributed by atoms with van der Waals surface area (Å²) in [6.07, 6.45) is 1.13. The number of rotatable bonds is 1. The molecule has 0 radical (unpaired) electrons. The summed E-state index contributed by atoms with van der Waals surface area (Å²) in [5, 5.41) is 13.7. The van der Waals surface area contributed by atoms with Crippen molar-refractivity contribution in [3.8, 4) is 11.4 Å². The van der Waals surface area contributed by atoms with Gasteiger partial charge in [-0.15, -0.1) is 0 Å². The summed E-state index contributed by atoms with van der Waals surface area (Å²) in [6.45, 7) is 0. The quantitative estimate of drug-likeness (QED) is 0.871. The van der Waals surface area contributed by atoms with E-state index in [4.69, 9.17) is 23.2 Å². The van der Waals surface area contributed by atoms with Gasteiger partial charge in [-0.25, -0.2) is 0 Å². The zero-order chi connectivity index (χ0) is 12.6. The number of hydrogen-bond donors (Lipinski definition) is 1. The van der Waals surface area contributed by atoms with Gasteiger partial charge in [0.25, 0.3) is 5.56 Å². The van der Waals surface area contributed by atoms with Crippen molar-refractivity contribution in [2.75, 3.05) is 0 Å². The molecule has 0 bridgehead atoms. The van der Waals surface area contributed by atoms with Crippen LogP contribution in [-0.2, 0) is 0 Å². The normalized spacial score (nSPS) is 10.5. The van der Waals surface area contributed by atoms with Crippen LogP contribution < -0.4 is 5.56 Å². The molecule has 7 heteroatoms. The second kappa shape index (κ2) is 4.68. The first-order valence-corrected chi connectivity index (χ1v) is 5.98. The Hall–Kier alpha value is -1.04. The lowest BCUT2D eigenvalue weighted by Gasteiger charge is -2.09. The van der Waals surface area contributed by atoms with E-state index in [-0.39, 0.29) is 15.9 Å². The first kappa shape index (κ1) is 12.4. The minimum atomic E-state index is -0.542. The van der Waals surface area contributed by atoms with Gasteiger partial charge in [-0.1, -0.05) is 29.3 Å². The van der Waals surface area contributed by atoms with Crippen LogP contribution >= 0.6 is 39.1 Å². The molecule has 0 spiro atoms. The van der Waals surface area contributed by atoms with Gasteiger partial charge in [0, 0.05) is 0 Å². The largest absolute Gasteiger partial charge is 0.505 e. The maximum atomic E-state index is 11.9. The maximum Gasteiger partial charge on any atom is 0.289 e. The maximum absolute atomic E-state index is 11.9. The van der Waals surface area contributed by atoms with Crippen molar-refractivity contribution in [3.63, 3.8) is 0 Å². The van der Waals surface area contributed by atoms with Gasteiger partial charge in [-0.05, 0) is 28.1 Å². The third-order valence-electron chi connectivity index (χ3n) is 2.05. The molecule has 0 saturated heterocycles. The average molecular weight is 336 g/mol. The molecule has 0 aliphatic carbocycles. The Morgan fingerprint density at radius 1 is 1.29 bits per heavy atom. The predicted octanol–water partition coefficient (Wildman–Crippen LogP) is 3.01. The van der Waals surface area contributed by atoms with Gasteiger partial charge in [-0.3, -0.25) is 4.79 Å². The highest BCUT2D eigenvalue weighted by molar-refractivity contribution is 9.10. The van der Waals surface area contributed by atoms with E-state index in [2.05, 4.69) is 21.0 Å². The third-order valence-corrected chi connectivity index (χ3v) is 3.41. The Morgan fingerprint density at radius 2 is 1.88 bits per heavy atom. The second-order valence-electron chi connectivity index (χ2n) is 3.13. The summed E-state index contributed by atoms with van der Waals surface area (Å²) < 4.78 is 1.03. The molecule has 88 valence electrons. The zero-order valence-corrected chi connectivity index (χ0v) is 11.3. The van der Waals surface area contributed by atoms with Crippen molar-refractivity contribution in [2.24, 2.45) is 0 Å². The molecule has 1 N–H and O–H groups in total. The lowest BCUT2D eigenvalue weighted by molar-refractivity contribution is 0.463. The minimum absolute atomic E-state index is 0.00323. The highest BCUT2D eigenvalue weighted by Gasteiger charge is 2.14. The summed E-state index contributed by atoms with van der Waals surface area (Å²) in [6, 6.07) is 4.85. The SMILES string of the molecule is O=c1c(Br)c(O)cnn1-c1c(Cl)cccc1Cl. The molecule has 0 fully saturated rings. The molecule has 0 amide bonds. The van der Waals surface area contributed by atoms with Gasteiger partial charge in [0.1, 0.15) is 10.2 Å². The van der Waals surface area contributed by atoms with E-state index < -0.39 is 5.56 Å². The number of benzene rings is 1. The monoisotopic (exact) mass is 334 g/mol. The van der Waals surface area contributed by atoms with Crippen molar-refractivity contribution < 1.29 is 5.11 Å². The molecule has 0 unspecified atom stereocenters. The first-order chi connectivity index (χ1) is 8.02. The molecule has 0 atom stereocenters. The number of hydrogen-bond acceptors (Lipinski definition) is 3. The summed E-state index contributed by atoms with van der Waals surface area (Å²) in [7, 11) is 0. The molecule has 0 saturated carbocycles. The molecule has 17 heavy (non-hydrogen) atoms. The fraction of sp³-hybridized carbons (Fsp3) is 0. The van der Waals surface area contributed by atoms with Gasteiger partial charge in [0.2, 0.25) is 0 Å². The van der Waals surface area contributed by atoms with Gasteiger partial charge < -0.3 is 5.11 Å². The first-order valence-electron chi connectivity index (χ1n) is 4.43. The summed E-state index contributed by atoms with van der Waals surface area (Å²) in [5.74, 6) is -0.241. The van der Waals surface area contributed by atoms with Gasteiger partial charge in [0.15, 0.2) is 5.75 Å². The Balaban J connectivity index is 2.79. The summed E-state index contributed by atoms with van der Waals surface area (Å²) in [4.78, 5) is 11.9. The highest BCUT2D eigenvalue weighted by atomic mass is 79.9. The van der Waals surface area contributed by atoms with E-state index in [0.29, 0.717) is 10.0 Å². The molecule has 1 aromatic carbocycles. The molecular formula is C10H5BrCl2N2O2. The fourth-order valence-electron chi connectivity index (χ4n) is 1.27. The lowest BCUT2D eigenvalue weighted by Crippen LogP contribution is -2.21. The molecule has 0 aliphatic rings. The summed E-state index contributed by atoms with van der Waals surface area (Å²) >= 11 is 14.9. The third kappa shape index (κ3) is 2.18. The van der Waals surface area contributed by atoms with Crippen LogP contribution in [0, 0.1) is 0 Å². The molecule has 4 nitrogen and oxygen atoms in total. The fourth-order valence-corrected chi connectivity index (χ4v) is 2.10.